The molecule has 0 radical (unpaired) electrons. The third-order valence-corrected chi connectivity index (χ3v) is 12.7. The van der Waals surface area contributed by atoms with Crippen LogP contribution in [-0.4, -0.2) is 110 Å². The normalized spacial score (nSPS) is 15.7. The summed E-state index contributed by atoms with van der Waals surface area (Å²) in [6.45, 7) is 6.78. The summed E-state index contributed by atoms with van der Waals surface area (Å²) >= 11 is 1.21. The number of unbranched alkanes of at least 4 members (excludes halogenated alkanes) is 2. The summed E-state index contributed by atoms with van der Waals surface area (Å²) in [5.41, 5.74) is 13.4. The fraction of sp³-hybridized carbons (Fsp3) is 0.500. The molecule has 1 aliphatic rings. The average Bonchev–Trinajstić information content (AvgIpc) is 3.77. The number of amides is 4. The Morgan fingerprint density at radius 2 is 1.71 bits per heavy atom. The molecule has 4 amide bonds. The van der Waals surface area contributed by atoms with Crippen LogP contribution in [0.2, 0.25) is 0 Å². The minimum Gasteiger partial charge on any atom is -0.480 e. The van der Waals surface area contributed by atoms with Gasteiger partial charge in [0.25, 0.3) is 0 Å². The lowest BCUT2D eigenvalue weighted by atomic mass is 9.83. The van der Waals surface area contributed by atoms with Crippen molar-refractivity contribution < 1.29 is 60.0 Å². The first-order valence-electron chi connectivity index (χ1n) is 20.9. The number of alkyl halides is 3. The lowest BCUT2D eigenvalue weighted by molar-refractivity contribution is -0.188. The van der Waals surface area contributed by atoms with Crippen LogP contribution in [-0.2, 0) is 39.5 Å². The number of carboxylic acids is 1. The smallest absolute Gasteiger partial charge is 0.480 e. The van der Waals surface area contributed by atoms with Gasteiger partial charge in [0.05, 0.1) is 35.0 Å². The first kappa shape index (κ1) is 52.6. The Labute approximate surface area is 382 Å². The summed E-state index contributed by atoms with van der Waals surface area (Å²) in [5.74, 6) is -8.37. The van der Waals surface area contributed by atoms with Gasteiger partial charge in [0.2, 0.25) is 23.6 Å². The van der Waals surface area contributed by atoms with Crippen LogP contribution in [0.25, 0.3) is 11.1 Å². The van der Waals surface area contributed by atoms with Gasteiger partial charge in [-0.3, -0.25) is 28.9 Å². The number of carboxylic acid groups (broad SMARTS) is 1. The van der Waals surface area contributed by atoms with Crippen LogP contribution in [0.3, 0.4) is 0 Å². The van der Waals surface area contributed by atoms with E-state index in [1.165, 1.54) is 11.8 Å². The number of thioether (sulfide) groups is 1. The van der Waals surface area contributed by atoms with Crippen LogP contribution in [0, 0.1) is 23.0 Å². The molecule has 1 saturated heterocycles. The minimum absolute atomic E-state index is 0.111. The predicted molar refractivity (Wildman–Crippen MR) is 236 cm³/mol. The van der Waals surface area contributed by atoms with Gasteiger partial charge in [-0.1, -0.05) is 57.5 Å². The van der Waals surface area contributed by atoms with Crippen molar-refractivity contribution in [2.45, 2.75) is 89.4 Å². The summed E-state index contributed by atoms with van der Waals surface area (Å²) in [4.78, 5) is 77.6. The van der Waals surface area contributed by atoms with E-state index in [-0.39, 0.29) is 54.7 Å². The number of likely N-dealkylation sites (tertiary alicyclic amines) is 1. The number of nitrogens with zero attached hydrogens (tertiary/aromatic N) is 3. The summed E-state index contributed by atoms with van der Waals surface area (Å²) < 4.78 is 73.5. The molecule has 356 valence electrons. The van der Waals surface area contributed by atoms with E-state index in [4.69, 9.17) is 11.5 Å². The zero-order chi connectivity index (χ0) is 48.1. The first-order chi connectivity index (χ1) is 30.6. The van der Waals surface area contributed by atoms with Crippen molar-refractivity contribution in [2.75, 3.05) is 37.7 Å². The molecule has 1 aromatic heterocycles. The average molecular weight is 955 g/mol. The molecule has 2 heterocycles. The number of rotatable bonds is 24. The van der Waals surface area contributed by atoms with Crippen molar-refractivity contribution in [3.8, 4) is 11.1 Å². The molecule has 3 aromatic rings. The molecule has 14 nitrogen and oxygen atoms in total. The highest BCUT2D eigenvalue weighted by molar-refractivity contribution is 7.99. The maximum atomic E-state index is 15.1. The lowest BCUT2D eigenvalue weighted by Gasteiger charge is -2.41. The second kappa shape index (κ2) is 24.0. The summed E-state index contributed by atoms with van der Waals surface area (Å²) in [5, 5.41) is 10.2. The largest absolute Gasteiger partial charge is 0.492 e. The summed E-state index contributed by atoms with van der Waals surface area (Å²) in [6, 6.07) is 12.4. The fourth-order valence-corrected chi connectivity index (χ4v) is 9.21. The van der Waals surface area contributed by atoms with Crippen LogP contribution >= 0.6 is 23.8 Å². The quantitative estimate of drug-likeness (QED) is 0.0350. The Balaban J connectivity index is 1.30. The van der Waals surface area contributed by atoms with Crippen LogP contribution in [0.5, 0.6) is 0 Å². The number of nitrogens with one attached hydrogen (secondary N) is 1. The van der Waals surface area contributed by atoms with E-state index < -0.39 is 76.7 Å². The number of aromatic nitrogens is 1. The molecule has 0 bridgehead atoms. The number of halogens is 5. The molecule has 2 unspecified atom stereocenters. The fourth-order valence-electron chi connectivity index (χ4n) is 7.44. The van der Waals surface area contributed by atoms with E-state index in [2.05, 4.69) is 9.50 Å². The van der Waals surface area contributed by atoms with E-state index in [9.17, 15) is 51.4 Å². The molecule has 0 spiro atoms. The van der Waals surface area contributed by atoms with E-state index in [1.807, 2.05) is 66.6 Å². The molecule has 4 rings (SSSR count). The Bertz CT molecular complexity index is 2140. The Morgan fingerprint density at radius 3 is 2.35 bits per heavy atom. The maximum Gasteiger partial charge on any atom is 0.492 e. The molecular formula is C44H55F5N6O8S2. The topological polar surface area (TPSA) is 207 Å². The SMILES string of the molecule is CC(C)(C)[C@H](c1cc(-c2cc(F)ccc2F)cn1Cc1ccccc1)N(CCCN)C(=O)CSCCCCCC(=O)NCCN1C(=O)CC(C(SOC(=O)C(F)(F)F)[C@H](N)C(=O)O)C1=O. The Hall–Kier alpha value is -4.99. The third-order valence-electron chi connectivity index (χ3n) is 10.6. The van der Waals surface area contributed by atoms with E-state index >= 15 is 4.39 Å². The standard InChI is InChI=1S/C44H55F5N6O8S2/c1-43(2,3)39(33-21-28(30-22-29(45)14-15-32(30)46)25-53(33)24-27-11-6-4-7-12-27)54(18-10-16-50)36(58)26-64-20-9-5-8-13-34(56)52-17-19-55-35(57)23-31(40(55)59)38(37(51)41(60)61)65-63-42(62)44(47,48)49/h4,6-7,11-12,14-15,21-22,25,31,37-39H,5,8-10,13,16-20,23-24,26,50-51H2,1-3H3,(H,52,56)(H,60,61)/t31?,37-,38?,39-/m0/s1. The van der Waals surface area contributed by atoms with E-state index in [1.54, 1.807) is 6.20 Å². The van der Waals surface area contributed by atoms with Gasteiger partial charge in [0.1, 0.15) is 17.7 Å². The van der Waals surface area contributed by atoms with E-state index in [0.29, 0.717) is 56.6 Å². The number of carbonyl (C=O) groups is 6. The number of imide groups is 1. The maximum absolute atomic E-state index is 15.1. The van der Waals surface area contributed by atoms with Gasteiger partial charge in [-0.25, -0.2) is 13.6 Å². The molecule has 0 aliphatic carbocycles. The molecule has 4 atom stereocenters. The molecular weight excluding hydrogens is 900 g/mol. The molecule has 0 saturated carbocycles. The molecule has 1 fully saturated rings. The minimum atomic E-state index is -5.39. The number of carbonyl (C=O) groups excluding carboxylic acids is 5. The highest BCUT2D eigenvalue weighted by atomic mass is 32.2. The number of benzene rings is 2. The lowest BCUT2D eigenvalue weighted by Crippen LogP contribution is -2.47. The van der Waals surface area contributed by atoms with E-state index in [0.717, 1.165) is 34.4 Å². The van der Waals surface area contributed by atoms with Crippen molar-refractivity contribution in [1.82, 2.24) is 19.7 Å². The van der Waals surface area contributed by atoms with Gasteiger partial charge >= 0.3 is 18.1 Å². The molecule has 2 aromatic carbocycles. The van der Waals surface area contributed by atoms with Crippen LogP contribution in [0.4, 0.5) is 22.0 Å². The van der Waals surface area contributed by atoms with Crippen LogP contribution < -0.4 is 16.8 Å². The zero-order valence-electron chi connectivity index (χ0n) is 36.3. The Kier molecular flexibility index (Phi) is 19.4. The van der Waals surface area contributed by atoms with Crippen LogP contribution in [0.1, 0.15) is 76.6 Å². The highest BCUT2D eigenvalue weighted by Crippen LogP contribution is 2.42. The first-order valence-corrected chi connectivity index (χ1v) is 22.9. The van der Waals surface area contributed by atoms with Crippen molar-refractivity contribution in [3.63, 3.8) is 0 Å². The second-order valence-electron chi connectivity index (χ2n) is 16.6. The van der Waals surface area contributed by atoms with Crippen molar-refractivity contribution >= 4 is 59.4 Å². The monoisotopic (exact) mass is 954 g/mol. The zero-order valence-corrected chi connectivity index (χ0v) is 37.9. The van der Waals surface area contributed by atoms with Crippen molar-refractivity contribution in [1.29, 1.82) is 0 Å². The summed E-state index contributed by atoms with van der Waals surface area (Å²) in [6.07, 6.45) is -1.70. The van der Waals surface area contributed by atoms with Gasteiger partial charge in [0, 0.05) is 62.0 Å². The molecule has 21 heteroatoms. The van der Waals surface area contributed by atoms with Crippen molar-refractivity contribution in [2.24, 2.45) is 22.8 Å². The van der Waals surface area contributed by atoms with Gasteiger partial charge in [-0.2, -0.15) is 24.9 Å². The third kappa shape index (κ3) is 15.0. The van der Waals surface area contributed by atoms with Crippen molar-refractivity contribution in [3.05, 3.63) is 83.7 Å². The van der Waals surface area contributed by atoms with Gasteiger partial charge < -0.3 is 35.5 Å². The van der Waals surface area contributed by atoms with Gasteiger partial charge in [0.15, 0.2) is 0 Å². The summed E-state index contributed by atoms with van der Waals surface area (Å²) in [7, 11) is 0. The highest BCUT2D eigenvalue weighted by Gasteiger charge is 2.49. The molecule has 1 aliphatic heterocycles. The number of nitrogens with two attached hydrogens (primary N) is 2. The number of hydrogen-bond donors (Lipinski definition) is 4. The number of hydrogen-bond acceptors (Lipinski definition) is 11. The molecule has 6 N–H and O–H groups in total. The predicted octanol–water partition coefficient (Wildman–Crippen LogP) is 6.07. The second-order valence-corrected chi connectivity index (χ2v) is 18.6. The Morgan fingerprint density at radius 1 is 1.00 bits per heavy atom. The van der Waals surface area contributed by atoms with Gasteiger partial charge in [-0.15, -0.1) is 0 Å². The number of aliphatic carboxylic acids is 1. The van der Waals surface area contributed by atoms with Gasteiger partial charge in [-0.05, 0) is 66.8 Å². The van der Waals surface area contributed by atoms with Crippen LogP contribution in [0.15, 0.2) is 60.8 Å². The molecule has 65 heavy (non-hydrogen) atoms.